The summed E-state index contributed by atoms with van der Waals surface area (Å²) in [6, 6.07) is 14.5. The highest BCUT2D eigenvalue weighted by molar-refractivity contribution is 7.20. The second-order valence-electron chi connectivity index (χ2n) is 10.2. The zero-order chi connectivity index (χ0) is 27.5. The lowest BCUT2D eigenvalue weighted by molar-refractivity contribution is -0.125. The third-order valence-electron chi connectivity index (χ3n) is 6.80. The number of nitrogens with one attached hydrogen (secondary N) is 3. The van der Waals surface area contributed by atoms with E-state index in [0.29, 0.717) is 30.5 Å². The standard InChI is InChI=1S/C29H30N4O5S/c1-16(2)13-21(32-28(37)23-15-17-7-3-5-9-22(17)38-23)27(36)31-20(14-18-11-12-30-26(18)35)25(34)29-33-19-8-4-6-10-24(19)39-29/h3-10,15-16,18,20-21H,11-14H2,1-2H3,(H,30,35)(H,31,36)(H,32,37)/t18-,20-,21-/m0/s1. The molecule has 10 heteroatoms. The third-order valence-corrected chi connectivity index (χ3v) is 7.85. The van der Waals surface area contributed by atoms with Crippen molar-refractivity contribution in [3.05, 3.63) is 65.4 Å². The predicted octanol–water partition coefficient (Wildman–Crippen LogP) is 4.08. The first-order valence-electron chi connectivity index (χ1n) is 13.1. The lowest BCUT2D eigenvalue weighted by Gasteiger charge is -2.24. The van der Waals surface area contributed by atoms with Gasteiger partial charge in [-0.05, 0) is 49.4 Å². The van der Waals surface area contributed by atoms with E-state index in [2.05, 4.69) is 20.9 Å². The molecule has 5 rings (SSSR count). The Labute approximate surface area is 229 Å². The summed E-state index contributed by atoms with van der Waals surface area (Å²) < 4.78 is 6.53. The molecule has 1 saturated heterocycles. The van der Waals surface area contributed by atoms with Gasteiger partial charge < -0.3 is 20.4 Å². The van der Waals surface area contributed by atoms with E-state index >= 15 is 0 Å². The van der Waals surface area contributed by atoms with Crippen LogP contribution in [-0.4, -0.2) is 47.1 Å². The first-order valence-corrected chi connectivity index (χ1v) is 13.9. The Morgan fingerprint density at radius 3 is 2.56 bits per heavy atom. The summed E-state index contributed by atoms with van der Waals surface area (Å²) in [6.45, 7) is 4.42. The average Bonchev–Trinajstić information content (AvgIpc) is 3.65. The number of hydrogen-bond donors (Lipinski definition) is 3. The Balaban J connectivity index is 1.37. The quantitative estimate of drug-likeness (QED) is 0.257. The highest BCUT2D eigenvalue weighted by Crippen LogP contribution is 2.25. The van der Waals surface area contributed by atoms with Crippen LogP contribution in [-0.2, 0) is 9.59 Å². The first kappa shape index (κ1) is 26.6. The van der Waals surface area contributed by atoms with Gasteiger partial charge in [-0.2, -0.15) is 0 Å². The monoisotopic (exact) mass is 546 g/mol. The summed E-state index contributed by atoms with van der Waals surface area (Å²) in [6.07, 6.45) is 1.08. The number of fused-ring (bicyclic) bond motifs is 2. The number of hydrogen-bond acceptors (Lipinski definition) is 7. The number of para-hydroxylation sites is 2. The highest BCUT2D eigenvalue weighted by atomic mass is 32.1. The second-order valence-corrected chi connectivity index (χ2v) is 11.3. The maximum absolute atomic E-state index is 13.6. The zero-order valence-electron chi connectivity index (χ0n) is 21.7. The largest absolute Gasteiger partial charge is 0.451 e. The van der Waals surface area contributed by atoms with Gasteiger partial charge in [-0.15, -0.1) is 11.3 Å². The van der Waals surface area contributed by atoms with Gasteiger partial charge >= 0.3 is 0 Å². The van der Waals surface area contributed by atoms with E-state index in [1.54, 1.807) is 12.1 Å². The number of carbonyl (C=O) groups excluding carboxylic acids is 4. The van der Waals surface area contributed by atoms with E-state index in [1.807, 2.05) is 56.3 Å². The molecule has 3 atom stereocenters. The maximum Gasteiger partial charge on any atom is 0.287 e. The molecule has 2 aromatic heterocycles. The van der Waals surface area contributed by atoms with Crippen LogP contribution in [0.1, 0.15) is 53.5 Å². The van der Waals surface area contributed by atoms with Crippen LogP contribution < -0.4 is 16.0 Å². The number of nitrogens with zero attached hydrogens (tertiary/aromatic N) is 1. The molecule has 0 saturated carbocycles. The van der Waals surface area contributed by atoms with Crippen LogP contribution in [0.2, 0.25) is 0 Å². The number of amides is 3. The van der Waals surface area contributed by atoms with Crippen LogP contribution in [0.25, 0.3) is 21.2 Å². The number of carbonyl (C=O) groups is 4. The van der Waals surface area contributed by atoms with Crippen molar-refractivity contribution < 1.29 is 23.6 Å². The number of benzene rings is 2. The molecule has 0 bridgehead atoms. The summed E-state index contributed by atoms with van der Waals surface area (Å²) in [7, 11) is 0. The Morgan fingerprint density at radius 2 is 1.85 bits per heavy atom. The number of ketones is 1. The minimum atomic E-state index is -0.968. The van der Waals surface area contributed by atoms with E-state index in [1.165, 1.54) is 11.3 Å². The highest BCUT2D eigenvalue weighted by Gasteiger charge is 2.35. The van der Waals surface area contributed by atoms with Crippen molar-refractivity contribution in [3.63, 3.8) is 0 Å². The Hall–Kier alpha value is -4.05. The van der Waals surface area contributed by atoms with Gasteiger partial charge in [-0.1, -0.05) is 44.2 Å². The normalized spacial score (nSPS) is 16.8. The molecule has 4 aromatic rings. The minimum absolute atomic E-state index is 0.0794. The summed E-state index contributed by atoms with van der Waals surface area (Å²) in [5.74, 6) is -1.72. The van der Waals surface area contributed by atoms with Crippen molar-refractivity contribution in [2.45, 2.75) is 45.2 Å². The number of rotatable bonds is 10. The van der Waals surface area contributed by atoms with Crippen molar-refractivity contribution >= 4 is 56.0 Å². The molecule has 0 radical (unpaired) electrons. The number of thiazole rings is 1. The van der Waals surface area contributed by atoms with Gasteiger partial charge in [0, 0.05) is 17.8 Å². The van der Waals surface area contributed by atoms with Crippen LogP contribution in [0.3, 0.4) is 0 Å². The van der Waals surface area contributed by atoms with Gasteiger partial charge in [0.15, 0.2) is 10.8 Å². The van der Waals surface area contributed by atoms with Crippen molar-refractivity contribution in [3.8, 4) is 0 Å². The Kier molecular flexibility index (Phi) is 7.74. The average molecular weight is 547 g/mol. The molecule has 3 amide bonds. The Bertz CT molecular complexity index is 1470. The van der Waals surface area contributed by atoms with Crippen molar-refractivity contribution in [2.75, 3.05) is 6.54 Å². The molecule has 3 N–H and O–H groups in total. The van der Waals surface area contributed by atoms with Crippen LogP contribution in [0.5, 0.6) is 0 Å². The molecule has 9 nitrogen and oxygen atoms in total. The predicted molar refractivity (Wildman–Crippen MR) is 149 cm³/mol. The molecule has 3 heterocycles. The number of aromatic nitrogens is 1. The molecular formula is C29H30N4O5S. The molecule has 1 fully saturated rings. The third kappa shape index (κ3) is 6.01. The summed E-state index contributed by atoms with van der Waals surface area (Å²) in [5.41, 5.74) is 1.27. The molecule has 1 aliphatic heterocycles. The molecule has 39 heavy (non-hydrogen) atoms. The van der Waals surface area contributed by atoms with E-state index < -0.39 is 29.8 Å². The minimum Gasteiger partial charge on any atom is -0.451 e. The van der Waals surface area contributed by atoms with Gasteiger partial charge in [0.05, 0.1) is 16.3 Å². The summed E-state index contributed by atoms with van der Waals surface area (Å²) in [4.78, 5) is 57.1. The van der Waals surface area contributed by atoms with Gasteiger partial charge in [0.1, 0.15) is 11.6 Å². The van der Waals surface area contributed by atoms with E-state index in [0.717, 1.165) is 10.1 Å². The van der Waals surface area contributed by atoms with Gasteiger partial charge in [-0.3, -0.25) is 19.2 Å². The van der Waals surface area contributed by atoms with E-state index in [-0.39, 0.29) is 34.8 Å². The second kappa shape index (κ2) is 11.4. The van der Waals surface area contributed by atoms with Crippen molar-refractivity contribution in [2.24, 2.45) is 11.8 Å². The van der Waals surface area contributed by atoms with Crippen LogP contribution in [0.4, 0.5) is 0 Å². The smallest absolute Gasteiger partial charge is 0.287 e. The summed E-state index contributed by atoms with van der Waals surface area (Å²) in [5, 5.41) is 9.47. The van der Waals surface area contributed by atoms with Gasteiger partial charge in [0.2, 0.25) is 17.6 Å². The molecule has 0 aliphatic carbocycles. The molecular weight excluding hydrogens is 516 g/mol. The lowest BCUT2D eigenvalue weighted by Crippen LogP contribution is -2.52. The Morgan fingerprint density at radius 1 is 1.08 bits per heavy atom. The molecule has 1 aliphatic rings. The topological polar surface area (TPSA) is 130 Å². The molecule has 0 unspecified atom stereocenters. The van der Waals surface area contributed by atoms with E-state index in [9.17, 15) is 19.2 Å². The zero-order valence-corrected chi connectivity index (χ0v) is 22.5. The summed E-state index contributed by atoms with van der Waals surface area (Å²) >= 11 is 1.25. The number of furan rings is 1. The SMILES string of the molecule is CC(C)C[C@H](NC(=O)c1cc2ccccc2o1)C(=O)N[C@@H](C[C@@H]1CCNC1=O)C(=O)c1nc2ccccc2s1. The fourth-order valence-electron chi connectivity index (χ4n) is 4.81. The fraction of sp³-hybridized carbons (Fsp3) is 0.345. The van der Waals surface area contributed by atoms with Crippen LogP contribution in [0, 0.1) is 11.8 Å². The van der Waals surface area contributed by atoms with Crippen LogP contribution in [0.15, 0.2) is 59.0 Å². The molecule has 2 aromatic carbocycles. The van der Waals surface area contributed by atoms with Crippen LogP contribution >= 0.6 is 11.3 Å². The first-order chi connectivity index (χ1) is 18.8. The van der Waals surface area contributed by atoms with Crippen molar-refractivity contribution in [1.29, 1.82) is 0 Å². The fourth-order valence-corrected chi connectivity index (χ4v) is 5.77. The van der Waals surface area contributed by atoms with Crippen molar-refractivity contribution in [1.82, 2.24) is 20.9 Å². The van der Waals surface area contributed by atoms with Gasteiger partial charge in [0.25, 0.3) is 5.91 Å². The number of Topliss-reactive ketones (excluding diaryl/α,β-unsaturated/α-hetero) is 1. The van der Waals surface area contributed by atoms with Gasteiger partial charge in [-0.25, -0.2) is 4.98 Å². The maximum atomic E-state index is 13.6. The molecule has 0 spiro atoms. The van der Waals surface area contributed by atoms with E-state index in [4.69, 9.17) is 4.42 Å². The lowest BCUT2D eigenvalue weighted by atomic mass is 9.95. The molecule has 202 valence electrons.